The minimum Gasteiger partial charge on any atom is -0.396 e. The van der Waals surface area contributed by atoms with Gasteiger partial charge in [0.25, 0.3) is 0 Å². The average Bonchev–Trinajstić information content (AvgIpc) is 3.06. The van der Waals surface area contributed by atoms with E-state index in [0.29, 0.717) is 19.5 Å². The minimum absolute atomic E-state index is 0.0872. The number of aliphatic hydroxyl groups excluding tert-OH is 1. The quantitative estimate of drug-likeness (QED) is 0.882. The first-order valence-electron chi connectivity index (χ1n) is 8.70. The highest BCUT2D eigenvalue weighted by atomic mass is 16.3. The summed E-state index contributed by atoms with van der Waals surface area (Å²) in [7, 11) is 0. The van der Waals surface area contributed by atoms with Gasteiger partial charge in [0.1, 0.15) is 0 Å². The van der Waals surface area contributed by atoms with Gasteiger partial charge >= 0.3 is 6.03 Å². The number of carbonyl (C=O) groups excluding carboxylic acids is 2. The number of nitrogens with one attached hydrogen (secondary N) is 1. The van der Waals surface area contributed by atoms with Gasteiger partial charge in [-0.15, -0.1) is 0 Å². The lowest BCUT2D eigenvalue weighted by Gasteiger charge is -2.31. The van der Waals surface area contributed by atoms with E-state index in [2.05, 4.69) is 5.32 Å². The normalized spacial score (nSPS) is 21.2. The van der Waals surface area contributed by atoms with Crippen LogP contribution >= 0.6 is 0 Å². The van der Waals surface area contributed by atoms with E-state index < -0.39 is 0 Å². The number of piperidine rings is 1. The molecule has 130 valence electrons. The molecule has 2 aliphatic heterocycles. The summed E-state index contributed by atoms with van der Waals surface area (Å²) in [6.07, 6.45) is 3.43. The molecule has 0 radical (unpaired) electrons. The maximum absolute atomic E-state index is 12.3. The van der Waals surface area contributed by atoms with Gasteiger partial charge < -0.3 is 20.2 Å². The third-order valence-electron chi connectivity index (χ3n) is 4.80. The van der Waals surface area contributed by atoms with E-state index in [1.807, 2.05) is 29.2 Å². The van der Waals surface area contributed by atoms with Crippen LogP contribution in [0.2, 0.25) is 0 Å². The van der Waals surface area contributed by atoms with Crippen molar-refractivity contribution in [2.75, 3.05) is 31.1 Å². The van der Waals surface area contributed by atoms with Crippen molar-refractivity contribution in [3.8, 4) is 0 Å². The van der Waals surface area contributed by atoms with Crippen LogP contribution in [0, 0.1) is 5.92 Å². The molecule has 1 aromatic rings. The number of hydrogen-bond acceptors (Lipinski definition) is 3. The van der Waals surface area contributed by atoms with Gasteiger partial charge in [-0.25, -0.2) is 4.79 Å². The van der Waals surface area contributed by atoms with Crippen LogP contribution in [0.25, 0.3) is 0 Å². The van der Waals surface area contributed by atoms with Gasteiger partial charge in [0.15, 0.2) is 0 Å². The Morgan fingerprint density at radius 1 is 1.29 bits per heavy atom. The van der Waals surface area contributed by atoms with Crippen molar-refractivity contribution < 1.29 is 14.7 Å². The molecule has 0 saturated carbocycles. The number of nitrogens with zero attached hydrogens (tertiary/aromatic N) is 2. The molecular formula is C18H25N3O3. The molecule has 0 spiro atoms. The molecule has 0 bridgehead atoms. The Labute approximate surface area is 142 Å². The Kier molecular flexibility index (Phi) is 5.35. The van der Waals surface area contributed by atoms with Crippen LogP contribution < -0.4 is 10.2 Å². The molecular weight excluding hydrogens is 306 g/mol. The zero-order chi connectivity index (χ0) is 16.9. The summed E-state index contributed by atoms with van der Waals surface area (Å²) in [5, 5.41) is 12.2. The molecule has 3 rings (SSSR count). The van der Waals surface area contributed by atoms with Crippen LogP contribution in [-0.2, 0) is 11.3 Å². The lowest BCUT2D eigenvalue weighted by Crippen LogP contribution is -2.45. The number of carbonyl (C=O) groups is 2. The first-order chi connectivity index (χ1) is 11.7. The van der Waals surface area contributed by atoms with Crippen LogP contribution in [0.4, 0.5) is 10.5 Å². The van der Waals surface area contributed by atoms with E-state index in [0.717, 1.165) is 43.6 Å². The van der Waals surface area contributed by atoms with Crippen molar-refractivity contribution in [3.05, 3.63) is 29.8 Å². The van der Waals surface area contributed by atoms with Crippen LogP contribution in [-0.4, -0.2) is 48.2 Å². The number of hydrogen-bond donors (Lipinski definition) is 2. The molecule has 2 aliphatic rings. The summed E-state index contributed by atoms with van der Waals surface area (Å²) in [6, 6.07) is 7.69. The van der Waals surface area contributed by atoms with Crippen molar-refractivity contribution in [1.82, 2.24) is 10.2 Å². The summed E-state index contributed by atoms with van der Waals surface area (Å²) in [5.74, 6) is 0.355. The third kappa shape index (κ3) is 3.87. The highest BCUT2D eigenvalue weighted by Crippen LogP contribution is 2.22. The third-order valence-corrected chi connectivity index (χ3v) is 4.80. The van der Waals surface area contributed by atoms with Crippen LogP contribution in [0.3, 0.4) is 0 Å². The molecule has 0 aliphatic carbocycles. The largest absolute Gasteiger partial charge is 0.396 e. The van der Waals surface area contributed by atoms with Crippen molar-refractivity contribution in [2.45, 2.75) is 32.2 Å². The first kappa shape index (κ1) is 16.8. The molecule has 0 aromatic heterocycles. The molecule has 1 aromatic carbocycles. The van der Waals surface area contributed by atoms with Crippen LogP contribution in [0.5, 0.6) is 0 Å². The highest BCUT2D eigenvalue weighted by molar-refractivity contribution is 5.95. The van der Waals surface area contributed by atoms with Crippen molar-refractivity contribution in [2.24, 2.45) is 5.92 Å². The molecule has 2 heterocycles. The number of amides is 3. The van der Waals surface area contributed by atoms with E-state index >= 15 is 0 Å². The molecule has 24 heavy (non-hydrogen) atoms. The second-order valence-corrected chi connectivity index (χ2v) is 6.61. The van der Waals surface area contributed by atoms with Gasteiger partial charge in [-0.05, 0) is 42.9 Å². The zero-order valence-corrected chi connectivity index (χ0v) is 13.9. The molecule has 2 saturated heterocycles. The molecule has 1 unspecified atom stereocenters. The lowest BCUT2D eigenvalue weighted by molar-refractivity contribution is -0.117. The smallest absolute Gasteiger partial charge is 0.317 e. The highest BCUT2D eigenvalue weighted by Gasteiger charge is 2.23. The Balaban J connectivity index is 1.56. The summed E-state index contributed by atoms with van der Waals surface area (Å²) < 4.78 is 0. The number of benzene rings is 1. The molecule has 1 atom stereocenters. The Morgan fingerprint density at radius 2 is 2.17 bits per heavy atom. The number of rotatable bonds is 4. The number of anilines is 1. The molecule has 6 nitrogen and oxygen atoms in total. The summed E-state index contributed by atoms with van der Waals surface area (Å²) in [4.78, 5) is 27.7. The van der Waals surface area contributed by atoms with E-state index in [1.54, 1.807) is 4.90 Å². The summed E-state index contributed by atoms with van der Waals surface area (Å²) in [6.45, 7) is 2.70. The van der Waals surface area contributed by atoms with Crippen LogP contribution in [0.15, 0.2) is 24.3 Å². The van der Waals surface area contributed by atoms with E-state index in [1.165, 1.54) is 0 Å². The standard InChI is InChI=1S/C18H25N3O3/c22-13-15-5-2-8-20(12-15)18(24)19-11-14-4-1-6-16(10-14)21-9-3-7-17(21)23/h1,4,6,10,15,22H,2-3,5,7-9,11-13H2,(H,19,24). The van der Waals surface area contributed by atoms with E-state index in [9.17, 15) is 14.7 Å². The van der Waals surface area contributed by atoms with Gasteiger partial charge in [0.2, 0.25) is 5.91 Å². The zero-order valence-electron chi connectivity index (χ0n) is 13.9. The summed E-state index contributed by atoms with van der Waals surface area (Å²) >= 11 is 0. The van der Waals surface area contributed by atoms with Gasteiger partial charge in [0, 0.05) is 44.9 Å². The maximum atomic E-state index is 12.3. The SMILES string of the molecule is O=C(NCc1cccc(N2CCCC2=O)c1)N1CCCC(CO)C1. The monoisotopic (exact) mass is 331 g/mol. The summed E-state index contributed by atoms with van der Waals surface area (Å²) in [5.41, 5.74) is 1.89. The van der Waals surface area contributed by atoms with E-state index in [4.69, 9.17) is 0 Å². The predicted molar refractivity (Wildman–Crippen MR) is 91.6 cm³/mol. The second-order valence-electron chi connectivity index (χ2n) is 6.61. The van der Waals surface area contributed by atoms with Gasteiger partial charge in [-0.1, -0.05) is 12.1 Å². The average molecular weight is 331 g/mol. The Morgan fingerprint density at radius 3 is 2.92 bits per heavy atom. The predicted octanol–water partition coefficient (Wildman–Crippen LogP) is 1.73. The van der Waals surface area contributed by atoms with Gasteiger partial charge in [-0.2, -0.15) is 0 Å². The molecule has 6 heteroatoms. The van der Waals surface area contributed by atoms with Crippen molar-refractivity contribution >= 4 is 17.6 Å². The number of aliphatic hydroxyl groups is 1. The lowest BCUT2D eigenvalue weighted by atomic mass is 9.99. The maximum Gasteiger partial charge on any atom is 0.317 e. The number of urea groups is 1. The van der Waals surface area contributed by atoms with Crippen LogP contribution in [0.1, 0.15) is 31.2 Å². The Hall–Kier alpha value is -2.08. The molecule has 2 N–H and O–H groups in total. The topological polar surface area (TPSA) is 72.9 Å². The van der Waals surface area contributed by atoms with Gasteiger partial charge in [-0.3, -0.25) is 4.79 Å². The fourth-order valence-corrected chi connectivity index (χ4v) is 3.44. The molecule has 3 amide bonds. The van der Waals surface area contributed by atoms with Crippen molar-refractivity contribution in [1.29, 1.82) is 0 Å². The van der Waals surface area contributed by atoms with Crippen molar-refractivity contribution in [3.63, 3.8) is 0 Å². The first-order valence-corrected chi connectivity index (χ1v) is 8.70. The van der Waals surface area contributed by atoms with Gasteiger partial charge in [0.05, 0.1) is 0 Å². The fraction of sp³-hybridized carbons (Fsp3) is 0.556. The fourth-order valence-electron chi connectivity index (χ4n) is 3.44. The minimum atomic E-state index is -0.0872. The Bertz CT molecular complexity index is 605. The second kappa shape index (κ2) is 7.66. The van der Waals surface area contributed by atoms with E-state index in [-0.39, 0.29) is 24.5 Å². The number of likely N-dealkylation sites (tertiary alicyclic amines) is 1. The molecule has 2 fully saturated rings.